The van der Waals surface area contributed by atoms with E-state index in [-0.39, 0.29) is 17.0 Å². The van der Waals surface area contributed by atoms with Crippen LogP contribution in [0.2, 0.25) is 0 Å². The molecule has 3 rings (SSSR count). The summed E-state index contributed by atoms with van der Waals surface area (Å²) in [7, 11) is -3.76. The number of hydrogen-bond acceptors (Lipinski definition) is 5. The van der Waals surface area contributed by atoms with Gasteiger partial charge in [-0.1, -0.05) is 24.3 Å². The number of amides is 1. The first-order valence-electron chi connectivity index (χ1n) is 7.27. The summed E-state index contributed by atoms with van der Waals surface area (Å²) in [6, 6.07) is 12.4. The number of rotatable bonds is 4. The van der Waals surface area contributed by atoms with Crippen molar-refractivity contribution in [3.8, 4) is 0 Å². The molecule has 0 aliphatic rings. The maximum Gasteiger partial charge on any atom is 0.258 e. The molecule has 0 unspecified atom stereocenters. The summed E-state index contributed by atoms with van der Waals surface area (Å²) in [4.78, 5) is 24.5. The van der Waals surface area contributed by atoms with E-state index in [1.165, 1.54) is 24.3 Å². The minimum Gasteiger partial charge on any atom is -0.463 e. The second-order valence-corrected chi connectivity index (χ2v) is 6.91. The van der Waals surface area contributed by atoms with Gasteiger partial charge in [0.15, 0.2) is 0 Å². The molecule has 3 aromatic rings. The van der Waals surface area contributed by atoms with Crippen LogP contribution in [-0.4, -0.2) is 14.3 Å². The van der Waals surface area contributed by atoms with Crippen molar-refractivity contribution in [2.45, 2.75) is 11.4 Å². The Morgan fingerprint density at radius 1 is 1.08 bits per heavy atom. The van der Waals surface area contributed by atoms with Crippen LogP contribution in [0, 0.1) is 0 Å². The second kappa shape index (κ2) is 6.50. The molecule has 0 aliphatic heterocycles. The minimum absolute atomic E-state index is 0.0160. The van der Waals surface area contributed by atoms with E-state index in [4.69, 9.17) is 9.56 Å². The summed E-state index contributed by atoms with van der Waals surface area (Å²) in [5, 5.41) is 7.95. The monoisotopic (exact) mass is 358 g/mol. The van der Waals surface area contributed by atoms with Crippen molar-refractivity contribution in [2.75, 3.05) is 0 Å². The van der Waals surface area contributed by atoms with Crippen molar-refractivity contribution in [3.63, 3.8) is 0 Å². The molecule has 0 saturated heterocycles. The molecule has 0 fully saturated rings. The molecular formula is C17H14N2O5S. The summed E-state index contributed by atoms with van der Waals surface area (Å²) in [5.74, 6) is -0.574. The average Bonchev–Trinajstić information content (AvgIpc) is 2.60. The number of carbonyl (C=O) groups excluding carboxylic acids is 1. The lowest BCUT2D eigenvalue weighted by Crippen LogP contribution is -2.28. The molecule has 1 aromatic heterocycles. The van der Waals surface area contributed by atoms with Gasteiger partial charge in [0.2, 0.25) is 15.5 Å². The molecule has 2 aromatic carbocycles. The highest BCUT2D eigenvalue weighted by Gasteiger charge is 2.14. The van der Waals surface area contributed by atoms with Crippen molar-refractivity contribution in [1.29, 1.82) is 0 Å². The molecule has 25 heavy (non-hydrogen) atoms. The van der Waals surface area contributed by atoms with Crippen LogP contribution in [0.3, 0.4) is 0 Å². The van der Waals surface area contributed by atoms with Gasteiger partial charge in [-0.3, -0.25) is 9.59 Å². The lowest BCUT2D eigenvalue weighted by atomic mass is 10.1. The Kier molecular flexibility index (Phi) is 4.39. The maximum absolute atomic E-state index is 12.3. The zero-order chi connectivity index (χ0) is 18.0. The third kappa shape index (κ3) is 3.59. The highest BCUT2D eigenvalue weighted by molar-refractivity contribution is 7.89. The molecule has 0 aliphatic carbocycles. The highest BCUT2D eigenvalue weighted by atomic mass is 32.2. The number of primary sulfonamides is 1. The largest absolute Gasteiger partial charge is 0.463 e. The van der Waals surface area contributed by atoms with Gasteiger partial charge in [-0.25, -0.2) is 13.6 Å². The van der Waals surface area contributed by atoms with Gasteiger partial charge in [0.25, 0.3) is 5.91 Å². The van der Waals surface area contributed by atoms with Gasteiger partial charge < -0.3 is 9.73 Å². The predicted molar refractivity (Wildman–Crippen MR) is 91.5 cm³/mol. The first kappa shape index (κ1) is 16.9. The quantitative estimate of drug-likeness (QED) is 0.730. The smallest absolute Gasteiger partial charge is 0.258 e. The van der Waals surface area contributed by atoms with Crippen LogP contribution in [-0.2, 0) is 16.6 Å². The van der Waals surface area contributed by atoms with Gasteiger partial charge in [-0.15, -0.1) is 0 Å². The number of hydrogen-bond donors (Lipinski definition) is 2. The molecule has 0 bridgehead atoms. The summed E-state index contributed by atoms with van der Waals surface area (Å²) in [6.45, 7) is 0.121. The van der Waals surface area contributed by atoms with Crippen LogP contribution in [0.25, 0.3) is 11.0 Å². The van der Waals surface area contributed by atoms with E-state index in [2.05, 4.69) is 5.32 Å². The third-order valence-corrected chi connectivity index (χ3v) is 4.56. The van der Waals surface area contributed by atoms with Crippen LogP contribution >= 0.6 is 0 Å². The maximum atomic E-state index is 12.3. The lowest BCUT2D eigenvalue weighted by molar-refractivity contribution is 0.0948. The number of para-hydroxylation sites is 1. The molecule has 0 saturated carbocycles. The van der Waals surface area contributed by atoms with Gasteiger partial charge in [0.05, 0.1) is 10.3 Å². The van der Waals surface area contributed by atoms with E-state index in [1.807, 2.05) is 0 Å². The zero-order valence-corrected chi connectivity index (χ0v) is 13.7. The third-order valence-electron chi connectivity index (χ3n) is 3.63. The molecule has 7 nitrogen and oxygen atoms in total. The zero-order valence-electron chi connectivity index (χ0n) is 12.9. The fourth-order valence-electron chi connectivity index (χ4n) is 2.31. The van der Waals surface area contributed by atoms with Crippen LogP contribution < -0.4 is 15.9 Å². The van der Waals surface area contributed by atoms with E-state index >= 15 is 0 Å². The second-order valence-electron chi connectivity index (χ2n) is 5.35. The fraction of sp³-hybridized carbons (Fsp3) is 0.0588. The Balaban J connectivity index is 1.77. The van der Waals surface area contributed by atoms with Crippen LogP contribution in [0.1, 0.15) is 15.9 Å². The van der Waals surface area contributed by atoms with Crippen molar-refractivity contribution in [2.24, 2.45) is 5.14 Å². The molecule has 8 heteroatoms. The number of fused-ring (bicyclic) bond motifs is 1. The first-order valence-corrected chi connectivity index (χ1v) is 8.81. The van der Waals surface area contributed by atoms with E-state index < -0.39 is 21.4 Å². The molecule has 0 atom stereocenters. The highest BCUT2D eigenvalue weighted by Crippen LogP contribution is 2.11. The van der Waals surface area contributed by atoms with Gasteiger partial charge in [0.1, 0.15) is 17.4 Å². The molecule has 0 radical (unpaired) electrons. The van der Waals surface area contributed by atoms with Crippen molar-refractivity contribution in [1.82, 2.24) is 5.32 Å². The fourth-order valence-corrected chi connectivity index (χ4v) is 2.82. The Hall–Kier alpha value is -2.97. The Morgan fingerprint density at radius 2 is 1.76 bits per heavy atom. The lowest BCUT2D eigenvalue weighted by Gasteiger charge is -2.06. The van der Waals surface area contributed by atoms with Crippen LogP contribution in [0.4, 0.5) is 0 Å². The van der Waals surface area contributed by atoms with Gasteiger partial charge in [0, 0.05) is 6.54 Å². The number of nitrogens with one attached hydrogen (secondary N) is 1. The summed E-state index contributed by atoms with van der Waals surface area (Å²) in [6.07, 6.45) is 1.13. The molecular weight excluding hydrogens is 344 g/mol. The number of nitrogens with two attached hydrogens (primary N) is 1. The summed E-state index contributed by atoms with van der Waals surface area (Å²) in [5.41, 5.74) is 0.553. The summed E-state index contributed by atoms with van der Waals surface area (Å²) >= 11 is 0. The van der Waals surface area contributed by atoms with Gasteiger partial charge in [-0.05, 0) is 29.8 Å². The standard InChI is InChI=1S/C17H14N2O5S/c18-25(22,23)12-7-5-11(6-8-12)9-19-17(21)14-10-24-15-4-2-1-3-13(15)16(14)20/h1-8,10H,9H2,(H,19,21)(H2,18,22,23). The van der Waals surface area contributed by atoms with E-state index in [1.54, 1.807) is 24.3 Å². The minimum atomic E-state index is -3.76. The first-order chi connectivity index (χ1) is 11.9. The molecule has 0 spiro atoms. The molecule has 128 valence electrons. The normalized spacial score (nSPS) is 11.4. The topological polar surface area (TPSA) is 119 Å². The van der Waals surface area contributed by atoms with Crippen molar-refractivity contribution in [3.05, 3.63) is 76.1 Å². The molecule has 1 amide bonds. The van der Waals surface area contributed by atoms with Crippen molar-refractivity contribution >= 4 is 26.9 Å². The Morgan fingerprint density at radius 3 is 2.44 bits per heavy atom. The van der Waals surface area contributed by atoms with Gasteiger partial charge in [-0.2, -0.15) is 0 Å². The number of carbonyl (C=O) groups is 1. The van der Waals surface area contributed by atoms with Crippen molar-refractivity contribution < 1.29 is 17.6 Å². The van der Waals surface area contributed by atoms with E-state index in [0.29, 0.717) is 16.5 Å². The van der Waals surface area contributed by atoms with Crippen LogP contribution in [0.15, 0.2) is 68.9 Å². The average molecular weight is 358 g/mol. The summed E-state index contributed by atoms with van der Waals surface area (Å²) < 4.78 is 27.7. The van der Waals surface area contributed by atoms with E-state index in [9.17, 15) is 18.0 Å². The van der Waals surface area contributed by atoms with Gasteiger partial charge >= 0.3 is 0 Å². The van der Waals surface area contributed by atoms with Crippen LogP contribution in [0.5, 0.6) is 0 Å². The number of benzene rings is 2. The molecule has 1 heterocycles. The Bertz CT molecular complexity index is 1100. The molecule has 3 N–H and O–H groups in total. The predicted octanol–water partition coefficient (Wildman–Crippen LogP) is 1.37. The SMILES string of the molecule is NS(=O)(=O)c1ccc(CNC(=O)c2coc3ccccc3c2=O)cc1. The number of sulfonamides is 1. The van der Waals surface area contributed by atoms with E-state index in [0.717, 1.165) is 6.26 Å². The Labute approximate surface area is 143 Å².